The maximum Gasteiger partial charge on any atom is 0.349 e. The summed E-state index contributed by atoms with van der Waals surface area (Å²) in [7, 11) is -1.68. The highest BCUT2D eigenvalue weighted by Crippen LogP contribution is 2.22. The lowest BCUT2D eigenvalue weighted by Gasteiger charge is -2.13. The molecule has 1 amide bonds. The monoisotopic (exact) mass is 321 g/mol. The number of amides is 1. The number of nitrogens with one attached hydrogen (secondary N) is 1. The Labute approximate surface area is 120 Å². The standard InChI is InChI=1S/C11H15NO6S2/c1-4-7(17-2)10(13)12-20(15,16)8-5-6-19-9(8)11(14)18-3/h5-7H,4H2,1-3H3,(H,12,13). The predicted molar refractivity (Wildman–Crippen MR) is 72.1 cm³/mol. The SMILES string of the molecule is CCC(OC)C(=O)NS(=O)(=O)c1ccsc1C(=O)OC. The number of ether oxygens (including phenoxy) is 2. The lowest BCUT2D eigenvalue weighted by molar-refractivity contribution is -0.129. The number of hydrogen-bond donors (Lipinski definition) is 1. The zero-order valence-corrected chi connectivity index (χ0v) is 12.8. The van der Waals surface area contributed by atoms with Gasteiger partial charge in [0, 0.05) is 7.11 Å². The molecule has 0 bridgehead atoms. The number of hydrogen-bond acceptors (Lipinski definition) is 7. The van der Waals surface area contributed by atoms with Crippen LogP contribution in [0.25, 0.3) is 0 Å². The number of carbonyl (C=O) groups is 2. The molecule has 1 atom stereocenters. The normalized spacial score (nSPS) is 12.8. The van der Waals surface area contributed by atoms with Crippen LogP contribution in [0.5, 0.6) is 0 Å². The van der Waals surface area contributed by atoms with Gasteiger partial charge >= 0.3 is 5.97 Å². The van der Waals surface area contributed by atoms with Gasteiger partial charge in [0.25, 0.3) is 15.9 Å². The van der Waals surface area contributed by atoms with E-state index < -0.39 is 28.0 Å². The summed E-state index contributed by atoms with van der Waals surface area (Å²) in [5.74, 6) is -1.55. The minimum Gasteiger partial charge on any atom is -0.465 e. The Kier molecular flexibility index (Phi) is 5.66. The second-order valence-corrected chi connectivity index (χ2v) is 6.27. The largest absolute Gasteiger partial charge is 0.465 e. The van der Waals surface area contributed by atoms with E-state index in [1.54, 1.807) is 6.92 Å². The average Bonchev–Trinajstić information content (AvgIpc) is 2.88. The molecule has 0 aliphatic carbocycles. The van der Waals surface area contributed by atoms with E-state index in [-0.39, 0.29) is 9.77 Å². The van der Waals surface area contributed by atoms with E-state index in [1.165, 1.54) is 18.6 Å². The van der Waals surface area contributed by atoms with Gasteiger partial charge in [-0.15, -0.1) is 11.3 Å². The Bertz CT molecular complexity index is 588. The van der Waals surface area contributed by atoms with Gasteiger partial charge < -0.3 is 9.47 Å². The van der Waals surface area contributed by atoms with Crippen molar-refractivity contribution in [3.63, 3.8) is 0 Å². The van der Waals surface area contributed by atoms with Crippen LogP contribution in [0.2, 0.25) is 0 Å². The molecule has 9 heteroatoms. The lowest BCUT2D eigenvalue weighted by atomic mass is 10.3. The summed E-state index contributed by atoms with van der Waals surface area (Å²) >= 11 is 0.920. The molecule has 0 radical (unpaired) electrons. The fourth-order valence-electron chi connectivity index (χ4n) is 1.46. The number of methoxy groups -OCH3 is 2. The Morgan fingerprint density at radius 1 is 1.40 bits per heavy atom. The van der Waals surface area contributed by atoms with Gasteiger partial charge in [0.05, 0.1) is 7.11 Å². The molecule has 0 aliphatic rings. The third kappa shape index (κ3) is 3.56. The second kappa shape index (κ2) is 6.82. The van der Waals surface area contributed by atoms with E-state index in [0.717, 1.165) is 18.4 Å². The molecule has 112 valence electrons. The number of carbonyl (C=O) groups excluding carboxylic acids is 2. The van der Waals surface area contributed by atoms with Gasteiger partial charge in [-0.25, -0.2) is 17.9 Å². The Hall–Kier alpha value is -1.45. The van der Waals surface area contributed by atoms with Crippen molar-refractivity contribution in [2.75, 3.05) is 14.2 Å². The van der Waals surface area contributed by atoms with E-state index in [2.05, 4.69) is 4.74 Å². The van der Waals surface area contributed by atoms with Crippen molar-refractivity contribution in [1.82, 2.24) is 4.72 Å². The van der Waals surface area contributed by atoms with E-state index in [4.69, 9.17) is 4.74 Å². The number of sulfonamides is 1. The Morgan fingerprint density at radius 3 is 2.55 bits per heavy atom. The van der Waals surface area contributed by atoms with Crippen LogP contribution in [0.1, 0.15) is 23.0 Å². The molecule has 1 N–H and O–H groups in total. The smallest absolute Gasteiger partial charge is 0.349 e. The number of thiophene rings is 1. The molecule has 0 aromatic carbocycles. The third-order valence-electron chi connectivity index (χ3n) is 2.47. The van der Waals surface area contributed by atoms with Crippen LogP contribution in [0.3, 0.4) is 0 Å². The first-order valence-corrected chi connectivity index (χ1v) is 7.98. The highest BCUT2D eigenvalue weighted by Gasteiger charge is 2.28. The van der Waals surface area contributed by atoms with Crippen LogP contribution in [0, 0.1) is 0 Å². The van der Waals surface area contributed by atoms with Crippen molar-refractivity contribution in [1.29, 1.82) is 0 Å². The summed E-state index contributed by atoms with van der Waals surface area (Å²) in [5.41, 5.74) is 0. The van der Waals surface area contributed by atoms with Crippen molar-refractivity contribution in [3.8, 4) is 0 Å². The summed E-state index contributed by atoms with van der Waals surface area (Å²) in [6.45, 7) is 1.69. The van der Waals surface area contributed by atoms with Crippen LogP contribution < -0.4 is 4.72 Å². The fraction of sp³-hybridized carbons (Fsp3) is 0.455. The first-order valence-electron chi connectivity index (χ1n) is 5.62. The molecule has 1 rings (SSSR count). The number of esters is 1. The summed E-state index contributed by atoms with van der Waals surface area (Å²) in [4.78, 5) is 22.8. The van der Waals surface area contributed by atoms with Gasteiger partial charge in [-0.1, -0.05) is 6.92 Å². The maximum absolute atomic E-state index is 12.1. The number of rotatable bonds is 6. The topological polar surface area (TPSA) is 98.8 Å². The van der Waals surface area contributed by atoms with Crippen molar-refractivity contribution in [2.24, 2.45) is 0 Å². The highest BCUT2D eigenvalue weighted by molar-refractivity contribution is 7.90. The molecule has 0 saturated carbocycles. The molecule has 1 heterocycles. The van der Waals surface area contributed by atoms with E-state index in [9.17, 15) is 18.0 Å². The zero-order valence-electron chi connectivity index (χ0n) is 11.2. The van der Waals surface area contributed by atoms with Crippen LogP contribution >= 0.6 is 11.3 Å². The van der Waals surface area contributed by atoms with Gasteiger partial charge in [-0.05, 0) is 17.9 Å². The minimum absolute atomic E-state index is 0.0849. The van der Waals surface area contributed by atoms with Gasteiger partial charge in [0.2, 0.25) is 0 Å². The molecule has 0 spiro atoms. The Morgan fingerprint density at radius 2 is 2.05 bits per heavy atom. The summed E-state index contributed by atoms with van der Waals surface area (Å²) < 4.78 is 35.4. The maximum atomic E-state index is 12.1. The van der Waals surface area contributed by atoms with Crippen molar-refractivity contribution >= 4 is 33.2 Å². The van der Waals surface area contributed by atoms with Crippen molar-refractivity contribution < 1.29 is 27.5 Å². The fourth-order valence-corrected chi connectivity index (χ4v) is 3.81. The molecule has 1 aromatic rings. The second-order valence-electron chi connectivity index (χ2n) is 3.71. The summed E-state index contributed by atoms with van der Waals surface area (Å²) in [5, 5.41) is 1.43. The molecule has 20 heavy (non-hydrogen) atoms. The molecule has 1 unspecified atom stereocenters. The van der Waals surface area contributed by atoms with Crippen LogP contribution in [-0.4, -0.2) is 40.6 Å². The predicted octanol–water partition coefficient (Wildman–Crippen LogP) is 0.765. The molecular weight excluding hydrogens is 306 g/mol. The molecule has 1 aromatic heterocycles. The van der Waals surface area contributed by atoms with Crippen LogP contribution in [0.15, 0.2) is 16.3 Å². The minimum atomic E-state index is -4.14. The Balaban J connectivity index is 3.04. The van der Waals surface area contributed by atoms with E-state index in [0.29, 0.717) is 6.42 Å². The quantitative estimate of drug-likeness (QED) is 0.777. The first kappa shape index (κ1) is 16.6. The molecule has 7 nitrogen and oxygen atoms in total. The molecule has 0 aliphatic heterocycles. The first-order chi connectivity index (χ1) is 9.37. The lowest BCUT2D eigenvalue weighted by Crippen LogP contribution is -2.39. The van der Waals surface area contributed by atoms with Crippen molar-refractivity contribution in [3.05, 3.63) is 16.3 Å². The van der Waals surface area contributed by atoms with Crippen LogP contribution in [0.4, 0.5) is 0 Å². The van der Waals surface area contributed by atoms with E-state index >= 15 is 0 Å². The summed E-state index contributed by atoms with van der Waals surface area (Å²) in [6, 6.07) is 1.24. The molecule has 0 fully saturated rings. The van der Waals surface area contributed by atoms with Crippen molar-refractivity contribution in [2.45, 2.75) is 24.3 Å². The zero-order chi connectivity index (χ0) is 15.3. The molecule has 0 saturated heterocycles. The molecular formula is C11H15NO6S2. The van der Waals surface area contributed by atoms with E-state index in [1.807, 2.05) is 4.72 Å². The van der Waals surface area contributed by atoms with Gasteiger partial charge in [-0.3, -0.25) is 4.79 Å². The van der Waals surface area contributed by atoms with Gasteiger partial charge in [0.1, 0.15) is 15.9 Å². The highest BCUT2D eigenvalue weighted by atomic mass is 32.2. The van der Waals surface area contributed by atoms with Gasteiger partial charge in [0.15, 0.2) is 0 Å². The average molecular weight is 321 g/mol. The summed E-state index contributed by atoms with van der Waals surface area (Å²) in [6.07, 6.45) is -0.546. The van der Waals surface area contributed by atoms with Crippen LogP contribution in [-0.2, 0) is 24.3 Å². The third-order valence-corrected chi connectivity index (χ3v) is 4.88. The van der Waals surface area contributed by atoms with Gasteiger partial charge in [-0.2, -0.15) is 0 Å².